The third-order valence-corrected chi connectivity index (χ3v) is 3.23. The molecule has 0 fully saturated rings. The molecule has 1 rings (SSSR count). The van der Waals surface area contributed by atoms with Gasteiger partial charge in [-0.1, -0.05) is 6.92 Å². The number of anilines is 1. The van der Waals surface area contributed by atoms with Gasteiger partial charge in [0.15, 0.2) is 5.82 Å². The highest BCUT2D eigenvalue weighted by Crippen LogP contribution is 2.16. The van der Waals surface area contributed by atoms with Gasteiger partial charge in [0.25, 0.3) is 5.56 Å². The highest BCUT2D eigenvalue weighted by Gasteiger charge is 2.28. The van der Waals surface area contributed by atoms with Gasteiger partial charge < -0.3 is 20.1 Å². The number of aliphatic hydroxyl groups excluding tert-OH is 2. The van der Waals surface area contributed by atoms with E-state index in [0.29, 0.717) is 6.42 Å². The highest BCUT2D eigenvalue weighted by atomic mass is 16.3. The summed E-state index contributed by atoms with van der Waals surface area (Å²) in [5.41, 5.74) is -1.55. The van der Waals surface area contributed by atoms with E-state index in [9.17, 15) is 15.0 Å². The summed E-state index contributed by atoms with van der Waals surface area (Å²) in [6, 6.07) is 0. The summed E-state index contributed by atoms with van der Waals surface area (Å²) in [5, 5.41) is 21.7. The van der Waals surface area contributed by atoms with Crippen LogP contribution < -0.4 is 10.9 Å². The fourth-order valence-electron chi connectivity index (χ4n) is 1.72. The molecule has 0 saturated carbocycles. The van der Waals surface area contributed by atoms with E-state index in [-0.39, 0.29) is 30.1 Å². The van der Waals surface area contributed by atoms with E-state index < -0.39 is 5.54 Å². The Morgan fingerprint density at radius 3 is 2.32 bits per heavy atom. The van der Waals surface area contributed by atoms with E-state index >= 15 is 0 Å². The van der Waals surface area contributed by atoms with Gasteiger partial charge in [-0.3, -0.25) is 4.79 Å². The molecular formula is C13H23N3O3. The second-order valence-corrected chi connectivity index (χ2v) is 5.70. The van der Waals surface area contributed by atoms with Gasteiger partial charge in [-0.25, -0.2) is 4.98 Å². The summed E-state index contributed by atoms with van der Waals surface area (Å²) in [4.78, 5) is 16.3. The zero-order valence-electron chi connectivity index (χ0n) is 12.0. The maximum atomic E-state index is 12.3. The summed E-state index contributed by atoms with van der Waals surface area (Å²) in [5.74, 6) is 0.141. The lowest BCUT2D eigenvalue weighted by molar-refractivity contribution is 0.132. The van der Waals surface area contributed by atoms with Crippen LogP contribution in [0.1, 0.15) is 34.1 Å². The molecule has 6 heteroatoms. The van der Waals surface area contributed by atoms with Crippen molar-refractivity contribution >= 4 is 5.82 Å². The predicted octanol–water partition coefficient (Wildman–Crippen LogP) is 0.544. The number of rotatable bonds is 5. The van der Waals surface area contributed by atoms with Gasteiger partial charge in [0, 0.05) is 17.9 Å². The molecule has 0 aliphatic heterocycles. The molecule has 0 unspecified atom stereocenters. The number of nitrogens with one attached hydrogen (secondary N) is 1. The molecule has 0 amide bonds. The van der Waals surface area contributed by atoms with Gasteiger partial charge in [-0.2, -0.15) is 0 Å². The molecule has 0 radical (unpaired) electrons. The molecule has 0 aliphatic rings. The highest BCUT2D eigenvalue weighted by molar-refractivity contribution is 5.35. The first kappa shape index (κ1) is 15.7. The summed E-state index contributed by atoms with van der Waals surface area (Å²) < 4.78 is 1.57. The minimum atomic E-state index is -0.927. The molecule has 1 aromatic heterocycles. The van der Waals surface area contributed by atoms with Crippen LogP contribution in [0.3, 0.4) is 0 Å². The Hall–Kier alpha value is -1.40. The van der Waals surface area contributed by atoms with Crippen molar-refractivity contribution < 1.29 is 10.2 Å². The molecule has 0 saturated heterocycles. The minimum Gasteiger partial charge on any atom is -0.394 e. The van der Waals surface area contributed by atoms with Crippen molar-refractivity contribution in [1.29, 1.82) is 0 Å². The van der Waals surface area contributed by atoms with Crippen LogP contribution in [0.2, 0.25) is 0 Å². The average Bonchev–Trinajstić information content (AvgIpc) is 2.37. The van der Waals surface area contributed by atoms with Crippen molar-refractivity contribution in [3.8, 4) is 0 Å². The van der Waals surface area contributed by atoms with E-state index in [1.165, 1.54) is 6.20 Å². The Morgan fingerprint density at radius 2 is 1.89 bits per heavy atom. The topological polar surface area (TPSA) is 87.4 Å². The summed E-state index contributed by atoms with van der Waals surface area (Å²) in [6.07, 6.45) is 3.63. The molecule has 19 heavy (non-hydrogen) atoms. The largest absolute Gasteiger partial charge is 0.394 e. The van der Waals surface area contributed by atoms with Crippen molar-refractivity contribution in [3.63, 3.8) is 0 Å². The SMILES string of the molecule is CCC(CO)(CO)Nc1nccn(C(C)(C)C)c1=O. The Kier molecular flexibility index (Phi) is 4.70. The van der Waals surface area contributed by atoms with Crippen molar-refractivity contribution in [3.05, 3.63) is 22.7 Å². The third-order valence-electron chi connectivity index (χ3n) is 3.23. The van der Waals surface area contributed by atoms with Crippen LogP contribution in [-0.4, -0.2) is 38.5 Å². The molecule has 0 aliphatic carbocycles. The van der Waals surface area contributed by atoms with Crippen LogP contribution in [0, 0.1) is 0 Å². The molecule has 1 aromatic rings. The van der Waals surface area contributed by atoms with Crippen molar-refractivity contribution in [1.82, 2.24) is 9.55 Å². The van der Waals surface area contributed by atoms with Crippen molar-refractivity contribution in [2.45, 2.75) is 45.2 Å². The smallest absolute Gasteiger partial charge is 0.293 e. The number of nitrogens with zero attached hydrogens (tertiary/aromatic N) is 2. The lowest BCUT2D eigenvalue weighted by atomic mass is 9.98. The zero-order chi connectivity index (χ0) is 14.7. The first-order valence-electron chi connectivity index (χ1n) is 6.37. The second kappa shape index (κ2) is 5.71. The molecule has 1 heterocycles. The lowest BCUT2D eigenvalue weighted by Gasteiger charge is -2.30. The number of hydrogen-bond donors (Lipinski definition) is 3. The summed E-state index contributed by atoms with van der Waals surface area (Å²) >= 11 is 0. The van der Waals surface area contributed by atoms with Gasteiger partial charge in [-0.05, 0) is 27.2 Å². The Bertz CT molecular complexity index is 464. The van der Waals surface area contributed by atoms with Crippen LogP contribution in [0.15, 0.2) is 17.2 Å². The zero-order valence-corrected chi connectivity index (χ0v) is 12.0. The molecular weight excluding hydrogens is 246 g/mol. The van der Waals surface area contributed by atoms with Gasteiger partial charge in [0.2, 0.25) is 0 Å². The van der Waals surface area contributed by atoms with Gasteiger partial charge in [0.1, 0.15) is 0 Å². The van der Waals surface area contributed by atoms with Gasteiger partial charge >= 0.3 is 0 Å². The Balaban J connectivity index is 3.20. The quantitative estimate of drug-likeness (QED) is 0.726. The van der Waals surface area contributed by atoms with Crippen LogP contribution in [0.4, 0.5) is 5.82 Å². The molecule has 0 bridgehead atoms. The lowest BCUT2D eigenvalue weighted by Crippen LogP contribution is -2.48. The van der Waals surface area contributed by atoms with Gasteiger partial charge in [0.05, 0.1) is 18.8 Å². The predicted molar refractivity (Wildman–Crippen MR) is 74.3 cm³/mol. The molecule has 0 atom stereocenters. The fourth-order valence-corrected chi connectivity index (χ4v) is 1.72. The maximum Gasteiger partial charge on any atom is 0.293 e. The van der Waals surface area contributed by atoms with Crippen molar-refractivity contribution in [2.24, 2.45) is 0 Å². The van der Waals surface area contributed by atoms with Crippen LogP contribution in [0.5, 0.6) is 0 Å². The van der Waals surface area contributed by atoms with Gasteiger partial charge in [-0.15, -0.1) is 0 Å². The Labute approximate surface area is 113 Å². The van der Waals surface area contributed by atoms with E-state index in [4.69, 9.17) is 0 Å². The van der Waals surface area contributed by atoms with E-state index in [2.05, 4.69) is 10.3 Å². The average molecular weight is 269 g/mol. The first-order chi connectivity index (χ1) is 8.79. The van der Waals surface area contributed by atoms with E-state index in [0.717, 1.165) is 0 Å². The molecule has 0 spiro atoms. The maximum absolute atomic E-state index is 12.3. The third kappa shape index (κ3) is 3.33. The van der Waals surface area contributed by atoms with Crippen LogP contribution in [0.25, 0.3) is 0 Å². The fraction of sp³-hybridized carbons (Fsp3) is 0.692. The molecule has 0 aromatic carbocycles. The van der Waals surface area contributed by atoms with E-state index in [1.54, 1.807) is 10.8 Å². The molecule has 108 valence electrons. The summed E-state index contributed by atoms with van der Waals surface area (Å²) in [7, 11) is 0. The number of aromatic nitrogens is 2. The van der Waals surface area contributed by atoms with Crippen LogP contribution >= 0.6 is 0 Å². The minimum absolute atomic E-state index is 0.141. The molecule has 3 N–H and O–H groups in total. The Morgan fingerprint density at radius 1 is 1.32 bits per heavy atom. The summed E-state index contributed by atoms with van der Waals surface area (Å²) in [6.45, 7) is 7.04. The van der Waals surface area contributed by atoms with E-state index in [1.807, 2.05) is 27.7 Å². The standard InChI is InChI=1S/C13H23N3O3/c1-5-13(8-17,9-18)15-10-11(19)16(7-6-14-10)12(2,3)4/h6-7,17-18H,5,8-9H2,1-4H3,(H,14,15). The first-order valence-corrected chi connectivity index (χ1v) is 6.37. The van der Waals surface area contributed by atoms with Crippen molar-refractivity contribution in [2.75, 3.05) is 18.5 Å². The molecule has 6 nitrogen and oxygen atoms in total. The number of aliphatic hydroxyl groups is 2. The number of hydrogen-bond acceptors (Lipinski definition) is 5. The van der Waals surface area contributed by atoms with Crippen LogP contribution in [-0.2, 0) is 5.54 Å². The normalized spacial score (nSPS) is 12.5. The second-order valence-electron chi connectivity index (χ2n) is 5.70. The monoisotopic (exact) mass is 269 g/mol.